The summed E-state index contributed by atoms with van der Waals surface area (Å²) in [5, 5.41) is 5.53. The third-order valence-electron chi connectivity index (χ3n) is 9.18. The minimum absolute atomic E-state index is 0.00786. The first kappa shape index (κ1) is 51.8. The summed E-state index contributed by atoms with van der Waals surface area (Å²) < 4.78 is 16.9. The van der Waals surface area contributed by atoms with Crippen LogP contribution in [-0.2, 0) is 39.8 Å². The van der Waals surface area contributed by atoms with Crippen molar-refractivity contribution in [2.45, 2.75) is 144 Å². The van der Waals surface area contributed by atoms with Crippen molar-refractivity contribution < 1.29 is 38.2 Å². The van der Waals surface area contributed by atoms with Gasteiger partial charge in [-0.05, 0) is 91.5 Å². The normalized spacial score (nSPS) is 12.3. The molecule has 0 saturated carbocycles. The average molecular weight is 813 g/mol. The molecule has 0 aromatic heterocycles. The lowest BCUT2D eigenvalue weighted by molar-refractivity contribution is -0.147. The van der Waals surface area contributed by atoms with Crippen LogP contribution in [0.15, 0.2) is 49.6 Å². The summed E-state index contributed by atoms with van der Waals surface area (Å²) >= 11 is 0. The Labute approximate surface area is 349 Å². The van der Waals surface area contributed by atoms with E-state index in [2.05, 4.69) is 61.9 Å². The number of nitrogens with one attached hydrogen (secondary N) is 2. The van der Waals surface area contributed by atoms with Crippen LogP contribution in [0.5, 0.6) is 0 Å². The number of alkyl carbamates (subject to hydrolysis) is 1. The summed E-state index contributed by atoms with van der Waals surface area (Å²) in [7, 11) is 0. The zero-order valence-corrected chi connectivity index (χ0v) is 37.5. The Morgan fingerprint density at radius 1 is 0.810 bits per heavy atom. The number of carbonyl (C=O) groups excluding carboxylic acids is 5. The van der Waals surface area contributed by atoms with Crippen LogP contribution in [0.2, 0.25) is 0 Å². The fraction of sp³-hybridized carbons (Fsp3) is 0.674. The van der Waals surface area contributed by atoms with Crippen LogP contribution < -0.4 is 10.6 Å². The highest BCUT2D eigenvalue weighted by Gasteiger charge is 2.32. The van der Waals surface area contributed by atoms with E-state index in [4.69, 9.17) is 14.2 Å². The number of amides is 4. The van der Waals surface area contributed by atoms with Crippen LogP contribution in [-0.4, -0.2) is 103 Å². The zero-order valence-electron chi connectivity index (χ0n) is 37.5. The lowest BCUT2D eigenvalue weighted by Gasteiger charge is -2.39. The van der Waals surface area contributed by atoms with Crippen LogP contribution in [0.4, 0.5) is 4.79 Å². The van der Waals surface area contributed by atoms with Crippen LogP contribution >= 0.6 is 0 Å². The van der Waals surface area contributed by atoms with Gasteiger partial charge in [0.2, 0.25) is 17.7 Å². The molecule has 328 valence electrons. The number of carbonyl (C=O) groups is 5. The number of unbranched alkanes of at least 4 members (excludes halogenated alkanes) is 2. The first-order chi connectivity index (χ1) is 27.1. The number of ether oxygens (including phenoxy) is 3. The van der Waals surface area contributed by atoms with E-state index < -0.39 is 29.2 Å². The molecule has 0 aliphatic heterocycles. The van der Waals surface area contributed by atoms with E-state index in [9.17, 15) is 24.0 Å². The van der Waals surface area contributed by atoms with Crippen molar-refractivity contribution in [3.8, 4) is 0 Å². The van der Waals surface area contributed by atoms with Crippen molar-refractivity contribution in [2.75, 3.05) is 46.0 Å². The maximum Gasteiger partial charge on any atom is 0.408 e. The molecule has 1 rings (SSSR count). The maximum absolute atomic E-state index is 13.3. The summed E-state index contributed by atoms with van der Waals surface area (Å²) in [6.45, 7) is 29.7. The van der Waals surface area contributed by atoms with Gasteiger partial charge in [-0.2, -0.15) is 0 Å². The van der Waals surface area contributed by atoms with Gasteiger partial charge in [-0.1, -0.05) is 69.7 Å². The molecule has 2 N–H and O–H groups in total. The van der Waals surface area contributed by atoms with Gasteiger partial charge >= 0.3 is 12.1 Å². The van der Waals surface area contributed by atoms with Crippen LogP contribution in [0, 0.1) is 18.3 Å². The Morgan fingerprint density at radius 3 is 2.05 bits per heavy atom. The molecule has 0 spiro atoms. The lowest BCUT2D eigenvalue weighted by Crippen LogP contribution is -2.51. The second kappa shape index (κ2) is 26.0. The SMILES string of the molecule is C=CCN(CC(C)(C)COCC(C)(C)N(CC=C)C(=O)CCc1ccc(C)cc1)C(=O)CCCCC(=O)NCCCC[C@H](NC(=O)OC(C)(C)C)C(=O)OCC(C)C. The van der Waals surface area contributed by atoms with Gasteiger partial charge in [0.05, 0.1) is 25.4 Å². The molecule has 0 saturated heterocycles. The quantitative estimate of drug-likeness (QED) is 0.0498. The number of hydrogen-bond donors (Lipinski definition) is 2. The number of hydrogen-bond acceptors (Lipinski definition) is 8. The molecule has 0 fully saturated rings. The van der Waals surface area contributed by atoms with Crippen LogP contribution in [0.25, 0.3) is 0 Å². The summed E-state index contributed by atoms with van der Waals surface area (Å²) in [5.41, 5.74) is 0.679. The molecule has 0 aliphatic rings. The van der Waals surface area contributed by atoms with Gasteiger partial charge in [0.1, 0.15) is 11.6 Å². The Hall–Kier alpha value is -4.19. The molecular weight excluding hydrogens is 737 g/mol. The van der Waals surface area contributed by atoms with Gasteiger partial charge < -0.3 is 34.6 Å². The van der Waals surface area contributed by atoms with Gasteiger partial charge in [0.15, 0.2) is 0 Å². The fourth-order valence-electron chi connectivity index (χ4n) is 6.14. The van der Waals surface area contributed by atoms with Crippen LogP contribution in [0.3, 0.4) is 0 Å². The van der Waals surface area contributed by atoms with E-state index in [1.165, 1.54) is 5.56 Å². The van der Waals surface area contributed by atoms with Crippen molar-refractivity contribution >= 4 is 29.8 Å². The number of esters is 1. The highest BCUT2D eigenvalue weighted by Crippen LogP contribution is 2.23. The second-order valence-electron chi connectivity index (χ2n) is 18.1. The Morgan fingerprint density at radius 2 is 1.45 bits per heavy atom. The lowest BCUT2D eigenvalue weighted by atomic mass is 9.93. The van der Waals surface area contributed by atoms with Crippen molar-refractivity contribution in [3.05, 3.63) is 60.7 Å². The van der Waals surface area contributed by atoms with E-state index >= 15 is 0 Å². The van der Waals surface area contributed by atoms with Gasteiger partial charge in [0.25, 0.3) is 0 Å². The molecule has 0 bridgehead atoms. The van der Waals surface area contributed by atoms with Crippen molar-refractivity contribution in [1.29, 1.82) is 0 Å². The third kappa shape index (κ3) is 22.7. The van der Waals surface area contributed by atoms with E-state index in [0.717, 1.165) is 5.56 Å². The van der Waals surface area contributed by atoms with Crippen molar-refractivity contribution in [1.82, 2.24) is 20.4 Å². The molecule has 58 heavy (non-hydrogen) atoms. The summed E-state index contributed by atoms with van der Waals surface area (Å²) in [5.74, 6) is -0.410. The Bertz CT molecular complexity index is 1450. The monoisotopic (exact) mass is 813 g/mol. The Balaban J connectivity index is 2.52. The van der Waals surface area contributed by atoms with Gasteiger partial charge in [-0.3, -0.25) is 14.4 Å². The summed E-state index contributed by atoms with van der Waals surface area (Å²) in [6.07, 6.45) is 7.11. The summed E-state index contributed by atoms with van der Waals surface area (Å²) in [6, 6.07) is 7.40. The van der Waals surface area contributed by atoms with E-state index in [1.54, 1.807) is 37.8 Å². The minimum Gasteiger partial charge on any atom is -0.464 e. The fourth-order valence-corrected chi connectivity index (χ4v) is 6.14. The molecule has 0 heterocycles. The largest absolute Gasteiger partial charge is 0.464 e. The molecule has 0 unspecified atom stereocenters. The average Bonchev–Trinajstić information content (AvgIpc) is 3.12. The predicted molar refractivity (Wildman–Crippen MR) is 231 cm³/mol. The van der Waals surface area contributed by atoms with E-state index in [0.29, 0.717) is 97.2 Å². The summed E-state index contributed by atoms with van der Waals surface area (Å²) in [4.78, 5) is 67.7. The molecule has 1 aromatic rings. The van der Waals surface area contributed by atoms with Gasteiger partial charge in [-0.25, -0.2) is 9.59 Å². The third-order valence-corrected chi connectivity index (χ3v) is 9.18. The first-order valence-corrected chi connectivity index (χ1v) is 20.9. The smallest absolute Gasteiger partial charge is 0.408 e. The number of benzene rings is 1. The molecule has 0 aliphatic carbocycles. The topological polar surface area (TPSA) is 144 Å². The van der Waals surface area contributed by atoms with E-state index in [-0.39, 0.29) is 35.7 Å². The number of aryl methyl sites for hydroxylation is 2. The highest BCUT2D eigenvalue weighted by molar-refractivity contribution is 5.81. The second-order valence-corrected chi connectivity index (χ2v) is 18.1. The molecular formula is C46H76N4O8. The molecule has 0 radical (unpaired) electrons. The maximum atomic E-state index is 13.3. The predicted octanol–water partition coefficient (Wildman–Crippen LogP) is 7.72. The molecule has 12 nitrogen and oxygen atoms in total. The van der Waals surface area contributed by atoms with Crippen molar-refractivity contribution in [2.24, 2.45) is 11.3 Å². The highest BCUT2D eigenvalue weighted by atomic mass is 16.6. The number of nitrogens with zero attached hydrogens (tertiary/aromatic N) is 2. The standard InChI is InChI=1S/C46H76N4O8/c1-13-29-49(32-45(9,10)33-56-34-46(11,12)50(30-14-2)41(53)27-26-37-24-22-36(5)23-25-37)40(52)21-16-15-20-39(51)47-28-18-17-19-38(42(54)57-31-35(3)4)48-43(55)58-44(6,7)8/h13-14,22-25,35,38H,1-2,15-21,26-34H2,3-12H3,(H,47,51)(H,48,55)/t38-/m0/s1. The Kier molecular flexibility index (Phi) is 23.3. The van der Waals surface area contributed by atoms with Gasteiger partial charge in [0, 0.05) is 50.9 Å². The molecule has 4 amide bonds. The molecule has 12 heteroatoms. The molecule has 1 atom stereocenters. The number of rotatable bonds is 28. The van der Waals surface area contributed by atoms with Gasteiger partial charge in [-0.15, -0.1) is 13.2 Å². The van der Waals surface area contributed by atoms with E-state index in [1.807, 2.05) is 39.5 Å². The minimum atomic E-state index is -0.844. The zero-order chi connectivity index (χ0) is 43.9. The van der Waals surface area contributed by atoms with Crippen LogP contribution in [0.1, 0.15) is 125 Å². The first-order valence-electron chi connectivity index (χ1n) is 20.9. The van der Waals surface area contributed by atoms with Crippen molar-refractivity contribution in [3.63, 3.8) is 0 Å². The molecule has 1 aromatic carbocycles.